The highest BCUT2D eigenvalue weighted by Crippen LogP contribution is 2.28. The number of hydrogen-bond acceptors (Lipinski definition) is 4. The van der Waals surface area contributed by atoms with Gasteiger partial charge < -0.3 is 10.0 Å². The van der Waals surface area contributed by atoms with Crippen molar-refractivity contribution in [2.45, 2.75) is 44.6 Å². The Morgan fingerprint density at radius 3 is 2.88 bits per heavy atom. The lowest BCUT2D eigenvalue weighted by Gasteiger charge is -2.30. The van der Waals surface area contributed by atoms with Gasteiger partial charge >= 0.3 is 5.97 Å². The summed E-state index contributed by atoms with van der Waals surface area (Å²) < 4.78 is 0. The number of thiazole rings is 1. The first-order valence-electron chi connectivity index (χ1n) is 6.06. The molecule has 2 rings (SSSR count). The van der Waals surface area contributed by atoms with E-state index in [1.54, 1.807) is 11.3 Å². The normalized spacial score (nSPS) is 17.0. The number of aromatic nitrogens is 1. The van der Waals surface area contributed by atoms with E-state index in [2.05, 4.69) is 16.9 Å². The van der Waals surface area contributed by atoms with Crippen molar-refractivity contribution in [3.63, 3.8) is 0 Å². The van der Waals surface area contributed by atoms with Crippen molar-refractivity contribution in [2.75, 3.05) is 11.9 Å². The number of carboxylic acids is 1. The number of carboxylic acid groups (broad SMARTS) is 1. The SMILES string of the molecule is CN(c1nc(CC(=O)O)cs1)C1CCCCC1. The fourth-order valence-electron chi connectivity index (χ4n) is 2.32. The van der Waals surface area contributed by atoms with Gasteiger partial charge in [-0.15, -0.1) is 11.3 Å². The number of hydrogen-bond donors (Lipinski definition) is 1. The second-order valence-electron chi connectivity index (χ2n) is 4.59. The third kappa shape index (κ3) is 3.19. The first-order chi connectivity index (χ1) is 8.16. The minimum absolute atomic E-state index is 0.0228. The predicted octanol–water partition coefficient (Wildman–Crippen LogP) is 2.54. The van der Waals surface area contributed by atoms with Gasteiger partial charge in [-0.1, -0.05) is 19.3 Å². The molecule has 1 aromatic heterocycles. The summed E-state index contributed by atoms with van der Waals surface area (Å²) in [6.07, 6.45) is 6.40. The summed E-state index contributed by atoms with van der Waals surface area (Å²) in [4.78, 5) is 17.2. The van der Waals surface area contributed by atoms with E-state index in [0.29, 0.717) is 11.7 Å². The van der Waals surface area contributed by atoms with E-state index in [0.717, 1.165) is 5.13 Å². The van der Waals surface area contributed by atoms with Crippen molar-refractivity contribution >= 4 is 22.4 Å². The van der Waals surface area contributed by atoms with Crippen LogP contribution in [0.5, 0.6) is 0 Å². The van der Waals surface area contributed by atoms with E-state index in [9.17, 15) is 4.79 Å². The van der Waals surface area contributed by atoms with Gasteiger partial charge in [0.15, 0.2) is 5.13 Å². The van der Waals surface area contributed by atoms with Crippen molar-refractivity contribution < 1.29 is 9.90 Å². The highest BCUT2D eigenvalue weighted by molar-refractivity contribution is 7.13. The van der Waals surface area contributed by atoms with Crippen LogP contribution in [0.3, 0.4) is 0 Å². The van der Waals surface area contributed by atoms with Crippen LogP contribution in [0.15, 0.2) is 5.38 Å². The fraction of sp³-hybridized carbons (Fsp3) is 0.667. The molecule has 0 amide bonds. The molecule has 0 bridgehead atoms. The van der Waals surface area contributed by atoms with E-state index in [1.165, 1.54) is 32.1 Å². The van der Waals surface area contributed by atoms with Gasteiger partial charge in [-0.3, -0.25) is 4.79 Å². The lowest BCUT2D eigenvalue weighted by atomic mass is 9.95. The molecule has 0 saturated heterocycles. The van der Waals surface area contributed by atoms with Gasteiger partial charge in [0.1, 0.15) is 0 Å². The van der Waals surface area contributed by atoms with Crippen LogP contribution in [0.1, 0.15) is 37.8 Å². The standard InChI is InChI=1S/C12H18N2O2S/c1-14(10-5-3-2-4-6-10)12-13-9(8-17-12)7-11(15)16/h8,10H,2-7H2,1H3,(H,15,16). The molecule has 0 aliphatic heterocycles. The maximum absolute atomic E-state index is 10.6. The third-order valence-corrected chi connectivity index (χ3v) is 4.28. The molecule has 1 fully saturated rings. The van der Waals surface area contributed by atoms with Crippen molar-refractivity contribution in [1.29, 1.82) is 0 Å². The molecule has 0 atom stereocenters. The van der Waals surface area contributed by atoms with Gasteiger partial charge in [0.05, 0.1) is 12.1 Å². The van der Waals surface area contributed by atoms with Gasteiger partial charge in [-0.05, 0) is 12.8 Å². The molecule has 0 unspecified atom stereocenters. The summed E-state index contributed by atoms with van der Waals surface area (Å²) in [5.41, 5.74) is 0.667. The van der Waals surface area contributed by atoms with Crippen LogP contribution in [-0.2, 0) is 11.2 Å². The second kappa shape index (κ2) is 5.49. The first kappa shape index (κ1) is 12.4. The van der Waals surface area contributed by atoms with Crippen LogP contribution < -0.4 is 4.90 Å². The van der Waals surface area contributed by atoms with Crippen LogP contribution in [0.2, 0.25) is 0 Å². The highest BCUT2D eigenvalue weighted by atomic mass is 32.1. The number of carbonyl (C=O) groups is 1. The molecule has 0 radical (unpaired) electrons. The zero-order chi connectivity index (χ0) is 12.3. The van der Waals surface area contributed by atoms with E-state index in [4.69, 9.17) is 5.11 Å². The Hall–Kier alpha value is -1.10. The number of aliphatic carboxylic acids is 1. The third-order valence-electron chi connectivity index (χ3n) is 3.30. The molecule has 1 aromatic rings. The fourth-order valence-corrected chi connectivity index (χ4v) is 3.18. The second-order valence-corrected chi connectivity index (χ2v) is 5.43. The lowest BCUT2D eigenvalue weighted by molar-refractivity contribution is -0.136. The Kier molecular flexibility index (Phi) is 3.99. The molecule has 4 nitrogen and oxygen atoms in total. The average molecular weight is 254 g/mol. The van der Waals surface area contributed by atoms with Crippen molar-refractivity contribution in [3.05, 3.63) is 11.1 Å². The molecule has 1 aliphatic carbocycles. The molecule has 1 heterocycles. The van der Waals surface area contributed by atoms with Crippen LogP contribution >= 0.6 is 11.3 Å². The molecule has 1 saturated carbocycles. The molecule has 5 heteroatoms. The first-order valence-corrected chi connectivity index (χ1v) is 6.94. The van der Waals surface area contributed by atoms with Crippen LogP contribution in [0, 0.1) is 0 Å². The van der Waals surface area contributed by atoms with E-state index in [-0.39, 0.29) is 6.42 Å². The molecular weight excluding hydrogens is 236 g/mol. The summed E-state index contributed by atoms with van der Waals surface area (Å²) in [6, 6.07) is 0.576. The van der Waals surface area contributed by atoms with Crippen molar-refractivity contribution in [2.24, 2.45) is 0 Å². The lowest BCUT2D eigenvalue weighted by Crippen LogP contribution is -2.33. The monoisotopic (exact) mass is 254 g/mol. The van der Waals surface area contributed by atoms with Crippen LogP contribution in [-0.4, -0.2) is 29.1 Å². The molecule has 94 valence electrons. The molecule has 1 N–H and O–H groups in total. The van der Waals surface area contributed by atoms with E-state index >= 15 is 0 Å². The molecule has 0 spiro atoms. The van der Waals surface area contributed by atoms with E-state index < -0.39 is 5.97 Å². The number of anilines is 1. The maximum atomic E-state index is 10.6. The van der Waals surface area contributed by atoms with Crippen LogP contribution in [0.4, 0.5) is 5.13 Å². The molecular formula is C12H18N2O2S. The summed E-state index contributed by atoms with van der Waals surface area (Å²) >= 11 is 1.54. The Balaban J connectivity index is 2.00. The van der Waals surface area contributed by atoms with E-state index in [1.807, 2.05) is 5.38 Å². The zero-order valence-electron chi connectivity index (χ0n) is 10.1. The maximum Gasteiger partial charge on any atom is 0.309 e. The van der Waals surface area contributed by atoms with Gasteiger partial charge in [-0.25, -0.2) is 4.98 Å². The predicted molar refractivity (Wildman–Crippen MR) is 68.7 cm³/mol. The Labute approximate surface area is 105 Å². The summed E-state index contributed by atoms with van der Waals surface area (Å²) in [5.74, 6) is -0.817. The molecule has 1 aliphatic rings. The Morgan fingerprint density at radius 2 is 2.24 bits per heavy atom. The summed E-state index contributed by atoms with van der Waals surface area (Å²) in [7, 11) is 2.07. The summed E-state index contributed by atoms with van der Waals surface area (Å²) in [5, 5.41) is 11.5. The van der Waals surface area contributed by atoms with Gasteiger partial charge in [0.25, 0.3) is 0 Å². The largest absolute Gasteiger partial charge is 0.481 e. The quantitative estimate of drug-likeness (QED) is 0.897. The van der Waals surface area contributed by atoms with Crippen molar-refractivity contribution in [3.8, 4) is 0 Å². The minimum Gasteiger partial charge on any atom is -0.481 e. The number of rotatable bonds is 4. The molecule has 17 heavy (non-hydrogen) atoms. The van der Waals surface area contributed by atoms with Crippen LogP contribution in [0.25, 0.3) is 0 Å². The van der Waals surface area contributed by atoms with Gasteiger partial charge in [0, 0.05) is 18.5 Å². The smallest absolute Gasteiger partial charge is 0.309 e. The van der Waals surface area contributed by atoms with Gasteiger partial charge in [-0.2, -0.15) is 0 Å². The molecule has 0 aromatic carbocycles. The van der Waals surface area contributed by atoms with Crippen molar-refractivity contribution in [1.82, 2.24) is 4.98 Å². The minimum atomic E-state index is -0.817. The summed E-state index contributed by atoms with van der Waals surface area (Å²) in [6.45, 7) is 0. The topological polar surface area (TPSA) is 53.4 Å². The van der Waals surface area contributed by atoms with Gasteiger partial charge in [0.2, 0.25) is 0 Å². The Morgan fingerprint density at radius 1 is 1.53 bits per heavy atom. The highest BCUT2D eigenvalue weighted by Gasteiger charge is 2.20. The Bertz CT molecular complexity index is 386. The zero-order valence-corrected chi connectivity index (χ0v) is 10.9. The number of nitrogens with zero attached hydrogens (tertiary/aromatic N) is 2. The average Bonchev–Trinajstić information content (AvgIpc) is 2.77.